The highest BCUT2D eigenvalue weighted by molar-refractivity contribution is 7.89. The molecule has 0 heterocycles. The topological polar surface area (TPSA) is 61.4 Å². The van der Waals surface area contributed by atoms with Gasteiger partial charge in [0.05, 0.1) is 4.90 Å². The number of thiocarbonyl (C=S) groups is 1. The molecule has 0 aromatic heterocycles. The Labute approximate surface area is 174 Å². The van der Waals surface area contributed by atoms with Crippen LogP contribution in [0.1, 0.15) is 37.8 Å². The maximum atomic E-state index is 12.3. The van der Waals surface area contributed by atoms with Crippen LogP contribution < -0.4 is 10.6 Å². The van der Waals surface area contributed by atoms with Crippen LogP contribution in [0.25, 0.3) is 0 Å². The van der Waals surface area contributed by atoms with Crippen molar-refractivity contribution in [3.8, 4) is 0 Å². The van der Waals surface area contributed by atoms with Crippen molar-refractivity contribution in [3.05, 3.63) is 59.7 Å². The highest BCUT2D eigenvalue weighted by Crippen LogP contribution is 2.18. The molecule has 0 bridgehead atoms. The van der Waals surface area contributed by atoms with E-state index in [0.29, 0.717) is 16.7 Å². The molecule has 0 saturated carbocycles. The first-order chi connectivity index (χ1) is 13.1. The number of sulfonamides is 1. The average molecular weight is 420 g/mol. The number of rotatable bonds is 7. The van der Waals surface area contributed by atoms with Crippen LogP contribution in [0, 0.1) is 0 Å². The summed E-state index contributed by atoms with van der Waals surface area (Å²) >= 11 is 5.39. The fourth-order valence-electron chi connectivity index (χ4n) is 2.78. The van der Waals surface area contributed by atoms with Gasteiger partial charge in [0.15, 0.2) is 5.11 Å². The van der Waals surface area contributed by atoms with Gasteiger partial charge in [-0.15, -0.1) is 0 Å². The molecule has 0 amide bonds. The van der Waals surface area contributed by atoms with Gasteiger partial charge in [0.25, 0.3) is 0 Å². The molecule has 0 radical (unpaired) electrons. The van der Waals surface area contributed by atoms with E-state index in [0.717, 1.165) is 6.42 Å². The van der Waals surface area contributed by atoms with Gasteiger partial charge in [-0.3, -0.25) is 0 Å². The monoisotopic (exact) mass is 419 g/mol. The van der Waals surface area contributed by atoms with Gasteiger partial charge in [-0.1, -0.05) is 44.2 Å². The van der Waals surface area contributed by atoms with Gasteiger partial charge in [0.2, 0.25) is 10.0 Å². The summed E-state index contributed by atoms with van der Waals surface area (Å²) in [6.45, 7) is 6.43. The lowest BCUT2D eigenvalue weighted by Gasteiger charge is -2.18. The lowest BCUT2D eigenvalue weighted by atomic mass is 9.99. The second kappa shape index (κ2) is 9.49. The van der Waals surface area contributed by atoms with Gasteiger partial charge in [-0.2, -0.15) is 0 Å². The molecule has 0 saturated heterocycles. The van der Waals surface area contributed by atoms with Crippen molar-refractivity contribution in [2.45, 2.75) is 44.0 Å². The smallest absolute Gasteiger partial charge is 0.242 e. The number of benzene rings is 2. The van der Waals surface area contributed by atoms with Gasteiger partial charge < -0.3 is 10.6 Å². The zero-order chi connectivity index (χ0) is 20.9. The summed E-state index contributed by atoms with van der Waals surface area (Å²) in [5.74, 6) is 0.522. The highest BCUT2D eigenvalue weighted by Gasteiger charge is 2.17. The first kappa shape index (κ1) is 22.3. The van der Waals surface area contributed by atoms with Crippen molar-refractivity contribution in [1.82, 2.24) is 9.62 Å². The van der Waals surface area contributed by atoms with E-state index in [4.69, 9.17) is 12.2 Å². The second-order valence-electron chi connectivity index (χ2n) is 7.42. The number of hydrogen-bond acceptors (Lipinski definition) is 3. The molecule has 2 aromatic carbocycles. The molecule has 28 heavy (non-hydrogen) atoms. The molecule has 0 aliphatic heterocycles. The lowest BCUT2D eigenvalue weighted by Crippen LogP contribution is -2.37. The van der Waals surface area contributed by atoms with Gasteiger partial charge in [0, 0.05) is 25.8 Å². The zero-order valence-electron chi connectivity index (χ0n) is 17.1. The molecule has 0 fully saturated rings. The third-order valence-electron chi connectivity index (χ3n) is 4.44. The van der Waals surface area contributed by atoms with Gasteiger partial charge in [0.1, 0.15) is 0 Å². The maximum absolute atomic E-state index is 12.3. The fraction of sp³-hybridized carbons (Fsp3) is 0.381. The maximum Gasteiger partial charge on any atom is 0.242 e. The van der Waals surface area contributed by atoms with Crippen LogP contribution >= 0.6 is 12.2 Å². The van der Waals surface area contributed by atoms with Crippen LogP contribution in [0.2, 0.25) is 0 Å². The molecule has 0 aliphatic carbocycles. The molecule has 2 aromatic rings. The predicted octanol–water partition coefficient (Wildman–Crippen LogP) is 3.98. The summed E-state index contributed by atoms with van der Waals surface area (Å²) < 4.78 is 25.7. The Bertz CT molecular complexity index is 908. The van der Waals surface area contributed by atoms with E-state index in [1.54, 1.807) is 24.3 Å². The minimum atomic E-state index is -3.48. The number of hydrogen-bond donors (Lipinski definition) is 2. The van der Waals surface area contributed by atoms with Crippen molar-refractivity contribution >= 4 is 33.0 Å². The second-order valence-corrected chi connectivity index (χ2v) is 9.98. The number of anilines is 1. The summed E-state index contributed by atoms with van der Waals surface area (Å²) in [7, 11) is -0.457. The zero-order valence-corrected chi connectivity index (χ0v) is 18.7. The number of nitrogens with zero attached hydrogens (tertiary/aromatic N) is 1. The molecule has 2 rings (SSSR count). The molecule has 5 nitrogen and oxygen atoms in total. The average Bonchev–Trinajstić information content (AvgIpc) is 2.61. The quantitative estimate of drug-likeness (QED) is 0.665. The van der Waals surface area contributed by atoms with E-state index < -0.39 is 10.0 Å². The Morgan fingerprint density at radius 1 is 1.07 bits per heavy atom. The van der Waals surface area contributed by atoms with E-state index in [2.05, 4.69) is 55.7 Å². The van der Waals surface area contributed by atoms with Crippen molar-refractivity contribution in [2.24, 2.45) is 0 Å². The fourth-order valence-corrected chi connectivity index (χ4v) is 4.05. The molecule has 1 unspecified atom stereocenters. The minimum Gasteiger partial charge on any atom is -0.360 e. The van der Waals surface area contributed by atoms with E-state index >= 15 is 0 Å². The molecule has 0 spiro atoms. The normalized spacial score (nSPS) is 12.8. The summed E-state index contributed by atoms with van der Waals surface area (Å²) in [4.78, 5) is 0.226. The Balaban J connectivity index is 1.96. The van der Waals surface area contributed by atoms with Crippen LogP contribution in [-0.2, 0) is 16.4 Å². The predicted molar refractivity (Wildman–Crippen MR) is 120 cm³/mol. The van der Waals surface area contributed by atoms with Crippen molar-refractivity contribution < 1.29 is 8.42 Å². The van der Waals surface area contributed by atoms with Crippen LogP contribution in [0.5, 0.6) is 0 Å². The van der Waals surface area contributed by atoms with Crippen molar-refractivity contribution in [2.75, 3.05) is 19.4 Å². The highest BCUT2D eigenvalue weighted by atomic mass is 32.2. The van der Waals surface area contributed by atoms with Crippen molar-refractivity contribution in [3.63, 3.8) is 0 Å². The van der Waals surface area contributed by atoms with Crippen LogP contribution in [0.15, 0.2) is 53.4 Å². The van der Waals surface area contributed by atoms with Crippen LogP contribution in [-0.4, -0.2) is 38.0 Å². The Hall–Kier alpha value is -1.96. The standard InChI is InChI=1S/C21H29N3O2S2/c1-15(2)18-11-9-17(10-12-18)13-16(3)22-21(27)23-19-7-6-8-20(14-19)28(25,26)24(4)5/h6-12,14-16H,13H2,1-5H3,(H2,22,23,27). The molecule has 2 N–H and O–H groups in total. The minimum absolute atomic E-state index is 0.138. The van der Waals surface area contributed by atoms with E-state index in [1.165, 1.54) is 29.5 Å². The third-order valence-corrected chi connectivity index (χ3v) is 6.47. The van der Waals surface area contributed by atoms with E-state index in [1.807, 2.05) is 0 Å². The number of nitrogens with one attached hydrogen (secondary N) is 2. The summed E-state index contributed by atoms with van der Waals surface area (Å²) in [6, 6.07) is 15.4. The molecule has 7 heteroatoms. The molecule has 1 atom stereocenters. The Morgan fingerprint density at radius 2 is 1.71 bits per heavy atom. The van der Waals surface area contributed by atoms with Crippen LogP contribution in [0.3, 0.4) is 0 Å². The molecular formula is C21H29N3O2S2. The molecule has 0 aliphatic rings. The molecule has 152 valence electrons. The summed E-state index contributed by atoms with van der Waals surface area (Å²) in [5, 5.41) is 6.79. The van der Waals surface area contributed by atoms with Crippen LogP contribution in [0.4, 0.5) is 5.69 Å². The first-order valence-electron chi connectivity index (χ1n) is 9.28. The van der Waals surface area contributed by atoms with Gasteiger partial charge in [-0.25, -0.2) is 12.7 Å². The van der Waals surface area contributed by atoms with E-state index in [-0.39, 0.29) is 10.9 Å². The molecular weight excluding hydrogens is 390 g/mol. The Kier molecular flexibility index (Phi) is 7.57. The van der Waals surface area contributed by atoms with Gasteiger partial charge >= 0.3 is 0 Å². The summed E-state index contributed by atoms with van der Waals surface area (Å²) in [6.07, 6.45) is 0.843. The third kappa shape index (κ3) is 6.02. The van der Waals surface area contributed by atoms with Gasteiger partial charge in [-0.05, 0) is 60.8 Å². The Morgan fingerprint density at radius 3 is 2.29 bits per heavy atom. The van der Waals surface area contributed by atoms with E-state index in [9.17, 15) is 8.42 Å². The largest absolute Gasteiger partial charge is 0.360 e. The first-order valence-corrected chi connectivity index (χ1v) is 11.1. The lowest BCUT2D eigenvalue weighted by molar-refractivity contribution is 0.521. The summed E-state index contributed by atoms with van der Waals surface area (Å²) in [5.41, 5.74) is 3.20. The SMILES string of the molecule is CC(Cc1ccc(C(C)C)cc1)NC(=S)Nc1cccc(S(=O)(=O)N(C)C)c1. The van der Waals surface area contributed by atoms with Crippen molar-refractivity contribution in [1.29, 1.82) is 0 Å².